The Morgan fingerprint density at radius 3 is 2.83 bits per heavy atom. The molecule has 0 aliphatic carbocycles. The largest absolute Gasteiger partial charge is 0.497 e. The minimum atomic E-state index is -0.226. The van der Waals surface area contributed by atoms with Crippen LogP contribution in [0.25, 0.3) is 6.08 Å². The highest BCUT2D eigenvalue weighted by atomic mass is 79.9. The number of halogens is 1. The first kappa shape index (κ1) is 17.1. The molecule has 0 saturated carbocycles. The van der Waals surface area contributed by atoms with E-state index in [2.05, 4.69) is 26.6 Å². The molecular weight excluding hydrogens is 356 g/mol. The summed E-state index contributed by atoms with van der Waals surface area (Å²) in [6.45, 7) is 0.571. The smallest absolute Gasteiger partial charge is 0.318 e. The normalized spacial score (nSPS) is 10.5. The van der Waals surface area contributed by atoms with Gasteiger partial charge in [0, 0.05) is 17.2 Å². The van der Waals surface area contributed by atoms with Gasteiger partial charge in [-0.1, -0.05) is 46.3 Å². The lowest BCUT2D eigenvalue weighted by molar-refractivity contribution is 0.244. The topological polar surface area (TPSA) is 50.4 Å². The van der Waals surface area contributed by atoms with Gasteiger partial charge in [-0.3, -0.25) is 0 Å². The van der Waals surface area contributed by atoms with Crippen molar-refractivity contribution in [3.05, 3.63) is 70.3 Å². The fourth-order valence-corrected chi connectivity index (χ4v) is 2.50. The highest BCUT2D eigenvalue weighted by molar-refractivity contribution is 9.10. The monoisotopic (exact) mass is 374 g/mol. The summed E-state index contributed by atoms with van der Waals surface area (Å²) in [7, 11) is 1.62. The third kappa shape index (κ3) is 5.79. The number of hydrogen-bond donors (Lipinski definition) is 2. The van der Waals surface area contributed by atoms with Gasteiger partial charge >= 0.3 is 6.03 Å². The molecule has 0 fully saturated rings. The number of amides is 2. The van der Waals surface area contributed by atoms with Crippen LogP contribution in [0.2, 0.25) is 0 Å². The number of methoxy groups -OCH3 is 1. The molecule has 0 aliphatic heterocycles. The van der Waals surface area contributed by atoms with Crippen molar-refractivity contribution in [1.82, 2.24) is 10.6 Å². The molecule has 0 radical (unpaired) electrons. The zero-order valence-corrected chi connectivity index (χ0v) is 14.5. The lowest BCUT2D eigenvalue weighted by atomic mass is 10.1. The highest BCUT2D eigenvalue weighted by Gasteiger charge is 2.00. The quantitative estimate of drug-likeness (QED) is 0.803. The number of ether oxygens (including phenoxy) is 1. The number of benzene rings is 2. The Kier molecular flexibility index (Phi) is 6.69. The molecule has 2 aromatic carbocycles. The second kappa shape index (κ2) is 9.00. The van der Waals surface area contributed by atoms with Gasteiger partial charge in [-0.15, -0.1) is 0 Å². The van der Waals surface area contributed by atoms with Gasteiger partial charge < -0.3 is 15.4 Å². The van der Waals surface area contributed by atoms with E-state index >= 15 is 0 Å². The summed E-state index contributed by atoms with van der Waals surface area (Å²) in [6.07, 6.45) is 4.20. The summed E-state index contributed by atoms with van der Waals surface area (Å²) in [6, 6.07) is 15.4. The van der Waals surface area contributed by atoms with E-state index in [-0.39, 0.29) is 6.03 Å². The molecule has 0 saturated heterocycles. The molecular formula is C18H19BrN2O2. The van der Waals surface area contributed by atoms with E-state index in [9.17, 15) is 4.79 Å². The van der Waals surface area contributed by atoms with E-state index in [1.165, 1.54) is 5.56 Å². The first-order valence-corrected chi connectivity index (χ1v) is 8.06. The maximum atomic E-state index is 11.7. The lowest BCUT2D eigenvalue weighted by Gasteiger charge is -2.06. The molecule has 2 aromatic rings. The van der Waals surface area contributed by atoms with Crippen LogP contribution < -0.4 is 15.4 Å². The number of carbonyl (C=O) groups excluding carboxylic acids is 1. The molecule has 2 amide bonds. The summed E-state index contributed by atoms with van der Waals surface area (Å²) in [5, 5.41) is 5.51. The van der Waals surface area contributed by atoms with Crippen molar-refractivity contribution in [2.75, 3.05) is 13.7 Å². The van der Waals surface area contributed by atoms with Crippen molar-refractivity contribution >= 4 is 28.0 Å². The van der Waals surface area contributed by atoms with Crippen LogP contribution in [0.5, 0.6) is 5.75 Å². The van der Waals surface area contributed by atoms with Gasteiger partial charge in [0.1, 0.15) is 5.75 Å². The minimum Gasteiger partial charge on any atom is -0.497 e. The predicted molar refractivity (Wildman–Crippen MR) is 96.4 cm³/mol. The van der Waals surface area contributed by atoms with Crippen molar-refractivity contribution in [3.63, 3.8) is 0 Å². The molecule has 5 heteroatoms. The highest BCUT2D eigenvalue weighted by Crippen LogP contribution is 2.15. The third-order valence-corrected chi connectivity index (χ3v) is 4.00. The van der Waals surface area contributed by atoms with Crippen LogP contribution in [0.3, 0.4) is 0 Å². The summed E-state index contributed by atoms with van der Waals surface area (Å²) < 4.78 is 6.21. The Balaban J connectivity index is 1.74. The number of rotatable bonds is 6. The molecule has 120 valence electrons. The van der Waals surface area contributed by atoms with E-state index in [1.807, 2.05) is 54.6 Å². The van der Waals surface area contributed by atoms with Gasteiger partial charge in [0.05, 0.1) is 7.11 Å². The van der Waals surface area contributed by atoms with E-state index in [4.69, 9.17) is 4.74 Å². The van der Waals surface area contributed by atoms with Crippen LogP contribution in [0, 0.1) is 0 Å². The molecule has 4 nitrogen and oxygen atoms in total. The summed E-state index contributed by atoms with van der Waals surface area (Å²) in [4.78, 5) is 11.7. The molecule has 0 heterocycles. The van der Waals surface area contributed by atoms with Crippen LogP contribution in [0.1, 0.15) is 11.1 Å². The number of hydrogen-bond acceptors (Lipinski definition) is 2. The Morgan fingerprint density at radius 1 is 1.22 bits per heavy atom. The van der Waals surface area contributed by atoms with Crippen molar-refractivity contribution in [1.29, 1.82) is 0 Å². The Bertz CT molecular complexity index is 686. The minimum absolute atomic E-state index is 0.226. The molecule has 0 spiro atoms. The van der Waals surface area contributed by atoms with Crippen molar-refractivity contribution in [2.45, 2.75) is 6.42 Å². The van der Waals surface area contributed by atoms with Crippen molar-refractivity contribution < 1.29 is 9.53 Å². The van der Waals surface area contributed by atoms with Crippen molar-refractivity contribution in [3.8, 4) is 5.75 Å². The fourth-order valence-electron chi connectivity index (χ4n) is 2.02. The van der Waals surface area contributed by atoms with Gasteiger partial charge in [-0.05, 0) is 41.8 Å². The summed E-state index contributed by atoms with van der Waals surface area (Å²) in [5.41, 5.74) is 2.12. The maximum absolute atomic E-state index is 11.7. The number of carbonyl (C=O) groups is 1. The van der Waals surface area contributed by atoms with Gasteiger partial charge in [-0.2, -0.15) is 0 Å². The Labute approximate surface area is 144 Å². The first-order valence-electron chi connectivity index (χ1n) is 7.27. The van der Waals surface area contributed by atoms with Gasteiger partial charge in [-0.25, -0.2) is 4.79 Å². The zero-order valence-electron chi connectivity index (χ0n) is 12.9. The van der Waals surface area contributed by atoms with E-state index in [1.54, 1.807) is 13.3 Å². The van der Waals surface area contributed by atoms with Crippen molar-refractivity contribution in [2.24, 2.45) is 0 Å². The first-order chi connectivity index (χ1) is 11.2. The molecule has 0 unspecified atom stereocenters. The van der Waals surface area contributed by atoms with E-state index in [0.717, 1.165) is 22.2 Å². The van der Waals surface area contributed by atoms with Gasteiger partial charge in [0.25, 0.3) is 0 Å². The van der Waals surface area contributed by atoms with Crippen LogP contribution in [-0.2, 0) is 6.42 Å². The predicted octanol–water partition coefficient (Wildman–Crippen LogP) is 3.97. The molecule has 0 aliphatic rings. The molecule has 2 rings (SSSR count). The zero-order chi connectivity index (χ0) is 16.5. The maximum Gasteiger partial charge on any atom is 0.318 e. The number of urea groups is 1. The van der Waals surface area contributed by atoms with Gasteiger partial charge in [0.15, 0.2) is 0 Å². The second-order valence-corrected chi connectivity index (χ2v) is 5.71. The SMILES string of the molecule is COc1cccc(/C=C/NC(=O)NCCc2ccccc2Br)c1. The fraction of sp³-hybridized carbons (Fsp3) is 0.167. The van der Waals surface area contributed by atoms with E-state index in [0.29, 0.717) is 6.54 Å². The Hall–Kier alpha value is -2.27. The summed E-state index contributed by atoms with van der Waals surface area (Å²) in [5.74, 6) is 0.782. The molecule has 23 heavy (non-hydrogen) atoms. The number of nitrogens with one attached hydrogen (secondary N) is 2. The average Bonchev–Trinajstić information content (AvgIpc) is 2.57. The molecule has 0 bridgehead atoms. The third-order valence-electron chi connectivity index (χ3n) is 3.22. The molecule has 0 atom stereocenters. The lowest BCUT2D eigenvalue weighted by Crippen LogP contribution is -2.33. The molecule has 2 N–H and O–H groups in total. The van der Waals surface area contributed by atoms with E-state index < -0.39 is 0 Å². The van der Waals surface area contributed by atoms with Crippen LogP contribution in [-0.4, -0.2) is 19.7 Å². The second-order valence-electron chi connectivity index (χ2n) is 4.85. The van der Waals surface area contributed by atoms with Crippen LogP contribution >= 0.6 is 15.9 Å². The summed E-state index contributed by atoms with van der Waals surface area (Å²) >= 11 is 3.49. The van der Waals surface area contributed by atoms with Crippen LogP contribution in [0.15, 0.2) is 59.2 Å². The molecule has 0 aromatic heterocycles. The standard InChI is InChI=1S/C18H19BrN2O2/c1-23-16-7-4-5-14(13-16)9-11-20-18(22)21-12-10-15-6-2-3-8-17(15)19/h2-9,11,13H,10,12H2,1H3,(H2,20,21,22)/b11-9+. The Morgan fingerprint density at radius 2 is 2.04 bits per heavy atom. The van der Waals surface area contributed by atoms with Gasteiger partial charge in [0.2, 0.25) is 0 Å². The average molecular weight is 375 g/mol. The van der Waals surface area contributed by atoms with Crippen LogP contribution in [0.4, 0.5) is 4.79 Å².